The van der Waals surface area contributed by atoms with Gasteiger partial charge in [0.15, 0.2) is 0 Å². The summed E-state index contributed by atoms with van der Waals surface area (Å²) < 4.78 is 0. The molecule has 0 radical (unpaired) electrons. The summed E-state index contributed by atoms with van der Waals surface area (Å²) in [6.07, 6.45) is 0.429. The molecule has 2 amide bonds. The third-order valence-electron chi connectivity index (χ3n) is 4.61. The summed E-state index contributed by atoms with van der Waals surface area (Å²) in [7, 11) is -1.64. The lowest BCUT2D eigenvalue weighted by Gasteiger charge is -2.23. The predicted molar refractivity (Wildman–Crippen MR) is 114 cm³/mol. The number of rotatable bonds is 9. The lowest BCUT2D eigenvalue weighted by molar-refractivity contribution is -0.122. The largest absolute Gasteiger partial charge is 0.475 e. The number of carbonyl (C=O) groups excluding carboxylic acids is 2. The summed E-state index contributed by atoms with van der Waals surface area (Å²) in [6, 6.07) is 15.9. The number of hydrogen-bond donors (Lipinski definition) is 4. The number of nitrogens with one attached hydrogen (secondary N) is 2. The third kappa shape index (κ3) is 7.36. The first-order valence-electron chi connectivity index (χ1n) is 9.84. The molecule has 0 aliphatic rings. The smallest absolute Gasteiger partial charge is 0.426 e. The Morgan fingerprint density at radius 1 is 1.00 bits per heavy atom. The van der Waals surface area contributed by atoms with E-state index in [1.807, 2.05) is 51.1 Å². The second-order valence-electron chi connectivity index (χ2n) is 7.73. The van der Waals surface area contributed by atoms with Crippen LogP contribution in [0.25, 0.3) is 0 Å². The lowest BCUT2D eigenvalue weighted by atomic mass is 9.75. The van der Waals surface area contributed by atoms with E-state index in [1.165, 1.54) is 0 Å². The van der Waals surface area contributed by atoms with Crippen LogP contribution >= 0.6 is 0 Å². The summed E-state index contributed by atoms with van der Waals surface area (Å²) in [5.74, 6) is -1.20. The van der Waals surface area contributed by atoms with Gasteiger partial charge < -0.3 is 20.7 Å². The first kappa shape index (κ1) is 22.7. The molecule has 2 rings (SSSR count). The molecule has 0 saturated carbocycles. The highest BCUT2D eigenvalue weighted by Crippen LogP contribution is 2.19. The Morgan fingerprint density at radius 3 is 2.28 bits per heavy atom. The van der Waals surface area contributed by atoms with Crippen molar-refractivity contribution in [2.75, 3.05) is 0 Å². The molecule has 6 nitrogen and oxygen atoms in total. The Morgan fingerprint density at radius 2 is 1.69 bits per heavy atom. The van der Waals surface area contributed by atoms with Gasteiger partial charge in [0.05, 0.1) is 18.4 Å². The van der Waals surface area contributed by atoms with Crippen LogP contribution in [0.3, 0.4) is 0 Å². The number of aryl methyl sites for hydroxylation is 1. The monoisotopic (exact) mass is 396 g/mol. The van der Waals surface area contributed by atoms with E-state index < -0.39 is 19.1 Å². The quantitative estimate of drug-likeness (QED) is 0.489. The van der Waals surface area contributed by atoms with E-state index in [0.717, 1.165) is 11.1 Å². The molecule has 0 heterocycles. The van der Waals surface area contributed by atoms with Gasteiger partial charge in [-0.2, -0.15) is 0 Å². The zero-order valence-electron chi connectivity index (χ0n) is 17.1. The SMILES string of the molecule is Cc1cccc(C(CC(=O)N[C@@H](CC(C)C)B(O)O)NC(=O)c2ccccc2)c1. The Hall–Kier alpha value is -2.64. The van der Waals surface area contributed by atoms with Gasteiger partial charge in [-0.1, -0.05) is 61.9 Å². The van der Waals surface area contributed by atoms with Gasteiger partial charge in [-0.25, -0.2) is 0 Å². The van der Waals surface area contributed by atoms with Crippen molar-refractivity contribution >= 4 is 18.9 Å². The van der Waals surface area contributed by atoms with Crippen molar-refractivity contribution < 1.29 is 19.6 Å². The number of benzene rings is 2. The molecule has 154 valence electrons. The van der Waals surface area contributed by atoms with Gasteiger partial charge in [-0.3, -0.25) is 9.59 Å². The number of amides is 2. The standard InChI is InChI=1S/C22H29BN2O4/c1-15(2)12-20(23(28)29)25-21(26)14-19(18-11-7-8-16(3)13-18)24-22(27)17-9-5-4-6-10-17/h4-11,13,15,19-20,28-29H,12,14H2,1-3H3,(H,24,27)(H,25,26)/t19?,20-/m0/s1. The minimum Gasteiger partial charge on any atom is -0.426 e. The maximum absolute atomic E-state index is 12.6. The summed E-state index contributed by atoms with van der Waals surface area (Å²) >= 11 is 0. The van der Waals surface area contributed by atoms with Crippen LogP contribution in [-0.2, 0) is 4.79 Å². The minimum atomic E-state index is -1.64. The Balaban J connectivity index is 2.16. The zero-order valence-corrected chi connectivity index (χ0v) is 17.1. The molecule has 0 aliphatic carbocycles. The minimum absolute atomic E-state index is 0.0106. The molecule has 0 saturated heterocycles. The molecule has 0 aliphatic heterocycles. The molecule has 4 N–H and O–H groups in total. The van der Waals surface area contributed by atoms with Crippen molar-refractivity contribution in [2.45, 2.75) is 45.6 Å². The number of carbonyl (C=O) groups is 2. The third-order valence-corrected chi connectivity index (χ3v) is 4.61. The average Bonchev–Trinajstić information content (AvgIpc) is 2.67. The fourth-order valence-corrected chi connectivity index (χ4v) is 3.18. The van der Waals surface area contributed by atoms with Crippen molar-refractivity contribution in [3.05, 3.63) is 71.3 Å². The molecule has 0 aromatic heterocycles. The maximum Gasteiger partial charge on any atom is 0.475 e. The van der Waals surface area contributed by atoms with Crippen LogP contribution < -0.4 is 10.6 Å². The van der Waals surface area contributed by atoms with E-state index in [0.29, 0.717) is 12.0 Å². The zero-order chi connectivity index (χ0) is 21.4. The predicted octanol–water partition coefficient (Wildman–Crippen LogP) is 2.40. The summed E-state index contributed by atoms with van der Waals surface area (Å²) in [5.41, 5.74) is 2.34. The van der Waals surface area contributed by atoms with Gasteiger partial charge in [0.25, 0.3) is 5.91 Å². The van der Waals surface area contributed by atoms with E-state index in [4.69, 9.17) is 0 Å². The van der Waals surface area contributed by atoms with Gasteiger partial charge in [0, 0.05) is 5.56 Å². The fourth-order valence-electron chi connectivity index (χ4n) is 3.18. The van der Waals surface area contributed by atoms with Gasteiger partial charge in [-0.15, -0.1) is 0 Å². The summed E-state index contributed by atoms with van der Waals surface area (Å²) in [4.78, 5) is 25.3. The van der Waals surface area contributed by atoms with Crippen molar-refractivity contribution in [3.8, 4) is 0 Å². The molecule has 2 aromatic carbocycles. The van der Waals surface area contributed by atoms with Crippen molar-refractivity contribution in [1.82, 2.24) is 10.6 Å². The summed E-state index contributed by atoms with van der Waals surface area (Å²) in [6.45, 7) is 5.83. The lowest BCUT2D eigenvalue weighted by Crippen LogP contribution is -2.48. The molecule has 0 fully saturated rings. The van der Waals surface area contributed by atoms with Crippen molar-refractivity contribution in [2.24, 2.45) is 5.92 Å². The molecule has 0 bridgehead atoms. The normalized spacial score (nSPS) is 12.9. The van der Waals surface area contributed by atoms with Crippen LogP contribution in [-0.4, -0.2) is 34.9 Å². The molecule has 7 heteroatoms. The Bertz CT molecular complexity index is 811. The van der Waals surface area contributed by atoms with Crippen LogP contribution in [0.5, 0.6) is 0 Å². The highest BCUT2D eigenvalue weighted by atomic mass is 16.4. The van der Waals surface area contributed by atoms with E-state index in [1.54, 1.807) is 24.3 Å². The Kier molecular flexibility index (Phi) is 8.42. The van der Waals surface area contributed by atoms with Crippen LogP contribution in [0.2, 0.25) is 0 Å². The van der Waals surface area contributed by atoms with Crippen molar-refractivity contribution in [1.29, 1.82) is 0 Å². The molecular weight excluding hydrogens is 367 g/mol. The molecule has 29 heavy (non-hydrogen) atoms. The molecule has 0 spiro atoms. The molecule has 1 unspecified atom stereocenters. The van der Waals surface area contributed by atoms with Gasteiger partial charge in [0.2, 0.25) is 5.91 Å². The first-order chi connectivity index (χ1) is 13.8. The molecular formula is C22H29BN2O4. The van der Waals surface area contributed by atoms with E-state index in [9.17, 15) is 19.6 Å². The number of hydrogen-bond acceptors (Lipinski definition) is 4. The van der Waals surface area contributed by atoms with Gasteiger partial charge >= 0.3 is 7.12 Å². The molecule has 2 aromatic rings. The van der Waals surface area contributed by atoms with E-state index >= 15 is 0 Å². The second-order valence-corrected chi connectivity index (χ2v) is 7.73. The van der Waals surface area contributed by atoms with Crippen LogP contribution in [0.4, 0.5) is 0 Å². The van der Waals surface area contributed by atoms with Gasteiger partial charge in [0.1, 0.15) is 0 Å². The van der Waals surface area contributed by atoms with Gasteiger partial charge in [-0.05, 0) is 37.0 Å². The first-order valence-corrected chi connectivity index (χ1v) is 9.84. The summed E-state index contributed by atoms with van der Waals surface area (Å²) in [5, 5.41) is 24.7. The Labute approximate surface area is 172 Å². The second kappa shape index (κ2) is 10.8. The maximum atomic E-state index is 12.6. The highest BCUT2D eigenvalue weighted by Gasteiger charge is 2.27. The van der Waals surface area contributed by atoms with Crippen LogP contribution in [0.15, 0.2) is 54.6 Å². The topological polar surface area (TPSA) is 98.7 Å². The molecule has 2 atom stereocenters. The average molecular weight is 396 g/mol. The fraction of sp³-hybridized carbons (Fsp3) is 0.364. The highest BCUT2D eigenvalue weighted by molar-refractivity contribution is 6.43. The van der Waals surface area contributed by atoms with E-state index in [2.05, 4.69) is 10.6 Å². The van der Waals surface area contributed by atoms with E-state index in [-0.39, 0.29) is 24.2 Å². The van der Waals surface area contributed by atoms with Crippen molar-refractivity contribution in [3.63, 3.8) is 0 Å². The van der Waals surface area contributed by atoms with Crippen LogP contribution in [0, 0.1) is 12.8 Å². The van der Waals surface area contributed by atoms with Crippen LogP contribution in [0.1, 0.15) is 54.2 Å².